The number of benzene rings is 2. The van der Waals surface area contributed by atoms with Crippen molar-refractivity contribution in [3.8, 4) is 10.6 Å². The van der Waals surface area contributed by atoms with Gasteiger partial charge >= 0.3 is 0 Å². The Bertz CT molecular complexity index is 952. The molecule has 0 radical (unpaired) electrons. The molecule has 5 nitrogen and oxygen atoms in total. The van der Waals surface area contributed by atoms with Gasteiger partial charge in [-0.05, 0) is 11.6 Å². The Morgan fingerprint density at radius 2 is 1.88 bits per heavy atom. The van der Waals surface area contributed by atoms with Crippen LogP contribution in [0, 0.1) is 0 Å². The van der Waals surface area contributed by atoms with Crippen molar-refractivity contribution in [3.05, 3.63) is 76.8 Å². The van der Waals surface area contributed by atoms with Gasteiger partial charge in [-0.2, -0.15) is 0 Å². The summed E-state index contributed by atoms with van der Waals surface area (Å²) in [6.45, 7) is 0.436. The van der Waals surface area contributed by atoms with E-state index in [1.54, 1.807) is 23.6 Å². The summed E-state index contributed by atoms with van der Waals surface area (Å²) in [6, 6.07) is 17.1. The van der Waals surface area contributed by atoms with Crippen molar-refractivity contribution < 1.29 is 9.59 Å². The molecule has 1 aliphatic rings. The number of fused-ring (bicyclic) bond motifs is 1. The van der Waals surface area contributed by atoms with Crippen LogP contribution in [0.2, 0.25) is 0 Å². The fourth-order valence-electron chi connectivity index (χ4n) is 3.03. The number of nitrogens with zero attached hydrogens (tertiary/aromatic N) is 1. The quantitative estimate of drug-likeness (QED) is 0.731. The highest BCUT2D eigenvalue weighted by molar-refractivity contribution is 7.15. The molecule has 1 aliphatic heterocycles. The highest BCUT2D eigenvalue weighted by Crippen LogP contribution is 2.28. The number of carbonyl (C=O) groups excluding carboxylic acids is 2. The molecule has 1 aromatic heterocycles. The number of rotatable bonds is 5. The van der Waals surface area contributed by atoms with Crippen LogP contribution in [-0.4, -0.2) is 16.8 Å². The van der Waals surface area contributed by atoms with Gasteiger partial charge in [0, 0.05) is 22.2 Å². The first-order valence-electron chi connectivity index (χ1n) is 8.37. The van der Waals surface area contributed by atoms with Crippen LogP contribution in [0.15, 0.2) is 60.8 Å². The van der Waals surface area contributed by atoms with Gasteiger partial charge in [-0.1, -0.05) is 48.5 Å². The Hall–Kier alpha value is -2.99. The molecule has 0 spiro atoms. The molecule has 2 N–H and O–H groups in total. The van der Waals surface area contributed by atoms with Gasteiger partial charge in [0.2, 0.25) is 5.91 Å². The van der Waals surface area contributed by atoms with Crippen molar-refractivity contribution in [2.75, 3.05) is 0 Å². The number of hydrogen-bond donors (Lipinski definition) is 2. The number of aromatic nitrogens is 1. The number of thiazole rings is 1. The topological polar surface area (TPSA) is 71.1 Å². The number of hydrogen-bond acceptors (Lipinski definition) is 4. The Balaban J connectivity index is 1.35. The molecular formula is C20H17N3O2S. The van der Waals surface area contributed by atoms with Gasteiger partial charge in [0.25, 0.3) is 5.91 Å². The summed E-state index contributed by atoms with van der Waals surface area (Å²) in [5.41, 5.74) is 2.61. The zero-order valence-corrected chi connectivity index (χ0v) is 14.8. The number of carbonyl (C=O) groups is 2. The molecule has 0 saturated heterocycles. The predicted molar refractivity (Wildman–Crippen MR) is 101 cm³/mol. The number of amides is 2. The van der Waals surface area contributed by atoms with Crippen LogP contribution >= 0.6 is 11.3 Å². The van der Waals surface area contributed by atoms with E-state index in [-0.39, 0.29) is 24.3 Å². The summed E-state index contributed by atoms with van der Waals surface area (Å²) in [5, 5.41) is 6.72. The zero-order valence-electron chi connectivity index (χ0n) is 13.9. The maximum Gasteiger partial charge on any atom is 0.252 e. The summed E-state index contributed by atoms with van der Waals surface area (Å²) in [7, 11) is 0. The van der Waals surface area contributed by atoms with E-state index >= 15 is 0 Å². The van der Waals surface area contributed by atoms with Crippen LogP contribution in [0.4, 0.5) is 0 Å². The first-order chi connectivity index (χ1) is 12.7. The van der Waals surface area contributed by atoms with Crippen LogP contribution in [-0.2, 0) is 11.3 Å². The molecule has 4 rings (SSSR count). The molecule has 2 aromatic carbocycles. The Morgan fingerprint density at radius 1 is 1.12 bits per heavy atom. The molecule has 6 heteroatoms. The van der Waals surface area contributed by atoms with Crippen molar-refractivity contribution in [1.29, 1.82) is 0 Å². The second-order valence-corrected chi connectivity index (χ2v) is 7.21. The molecular weight excluding hydrogens is 346 g/mol. The van der Waals surface area contributed by atoms with Gasteiger partial charge in [0.1, 0.15) is 5.01 Å². The van der Waals surface area contributed by atoms with Gasteiger partial charge in [-0.25, -0.2) is 4.98 Å². The van der Waals surface area contributed by atoms with E-state index in [0.717, 1.165) is 21.0 Å². The molecule has 0 aliphatic carbocycles. The standard InChI is InChI=1S/C20H17N3O2S/c24-18(10-17-15-8-4-5-9-16(15)19(25)23-17)21-11-14-12-22-20(26-14)13-6-2-1-3-7-13/h1-9,12,17H,10-11H2,(H,21,24)(H,23,25)/t17-/m0/s1. The van der Waals surface area contributed by atoms with Crippen molar-refractivity contribution in [2.45, 2.75) is 19.0 Å². The van der Waals surface area contributed by atoms with E-state index in [1.165, 1.54) is 0 Å². The molecule has 0 unspecified atom stereocenters. The average molecular weight is 363 g/mol. The second kappa shape index (κ2) is 7.09. The lowest BCUT2D eigenvalue weighted by Gasteiger charge is -2.11. The highest BCUT2D eigenvalue weighted by atomic mass is 32.1. The van der Waals surface area contributed by atoms with E-state index in [0.29, 0.717) is 12.1 Å². The minimum atomic E-state index is -0.264. The summed E-state index contributed by atoms with van der Waals surface area (Å²) in [4.78, 5) is 29.6. The third-order valence-corrected chi connectivity index (χ3v) is 5.36. The van der Waals surface area contributed by atoms with E-state index < -0.39 is 0 Å². The largest absolute Gasteiger partial charge is 0.351 e. The van der Waals surface area contributed by atoms with Crippen molar-refractivity contribution in [3.63, 3.8) is 0 Å². The molecule has 2 amide bonds. The lowest BCUT2D eigenvalue weighted by molar-refractivity contribution is -0.121. The minimum Gasteiger partial charge on any atom is -0.351 e. The first kappa shape index (κ1) is 16.5. The Labute approximate surface area is 155 Å². The van der Waals surface area contributed by atoms with E-state index in [9.17, 15) is 9.59 Å². The Kier molecular flexibility index (Phi) is 4.50. The summed E-state index contributed by atoms with van der Waals surface area (Å²) >= 11 is 1.56. The molecule has 0 saturated carbocycles. The Morgan fingerprint density at radius 3 is 2.73 bits per heavy atom. The highest BCUT2D eigenvalue weighted by Gasteiger charge is 2.29. The minimum absolute atomic E-state index is 0.0957. The fourth-order valence-corrected chi connectivity index (χ4v) is 3.89. The smallest absolute Gasteiger partial charge is 0.252 e. The van der Waals surface area contributed by atoms with Crippen molar-refractivity contribution in [1.82, 2.24) is 15.6 Å². The maximum atomic E-state index is 12.3. The SMILES string of the molecule is O=C(C[C@@H]1NC(=O)c2ccccc21)NCc1cnc(-c2ccccc2)s1. The summed E-state index contributed by atoms with van der Waals surface area (Å²) in [5.74, 6) is -0.213. The lowest BCUT2D eigenvalue weighted by Crippen LogP contribution is -2.28. The van der Waals surface area contributed by atoms with Crippen LogP contribution in [0.1, 0.15) is 33.3 Å². The maximum absolute atomic E-state index is 12.3. The molecule has 0 bridgehead atoms. The van der Waals surface area contributed by atoms with Crippen molar-refractivity contribution >= 4 is 23.2 Å². The zero-order chi connectivity index (χ0) is 17.9. The molecule has 0 fully saturated rings. The predicted octanol–water partition coefficient (Wildman–Crippen LogP) is 3.30. The lowest BCUT2D eigenvalue weighted by atomic mass is 10.0. The second-order valence-electron chi connectivity index (χ2n) is 6.09. The summed E-state index contributed by atoms with van der Waals surface area (Å²) < 4.78 is 0. The molecule has 26 heavy (non-hydrogen) atoms. The van der Waals surface area contributed by atoms with Gasteiger partial charge in [-0.15, -0.1) is 11.3 Å². The van der Waals surface area contributed by atoms with E-state index in [4.69, 9.17) is 0 Å². The van der Waals surface area contributed by atoms with Crippen LogP contribution < -0.4 is 10.6 Å². The van der Waals surface area contributed by atoms with Crippen LogP contribution in [0.3, 0.4) is 0 Å². The van der Waals surface area contributed by atoms with Gasteiger partial charge in [-0.3, -0.25) is 9.59 Å². The third kappa shape index (κ3) is 3.36. The van der Waals surface area contributed by atoms with Crippen LogP contribution in [0.25, 0.3) is 10.6 Å². The number of nitrogens with one attached hydrogen (secondary N) is 2. The third-order valence-electron chi connectivity index (χ3n) is 4.31. The normalized spacial score (nSPS) is 15.4. The first-order valence-corrected chi connectivity index (χ1v) is 9.19. The van der Waals surface area contributed by atoms with Gasteiger partial charge in [0.05, 0.1) is 19.0 Å². The monoisotopic (exact) mass is 363 g/mol. The fraction of sp³-hybridized carbons (Fsp3) is 0.150. The van der Waals surface area contributed by atoms with E-state index in [2.05, 4.69) is 15.6 Å². The molecule has 1 atom stereocenters. The molecule has 3 aromatic rings. The molecule has 130 valence electrons. The van der Waals surface area contributed by atoms with Gasteiger partial charge < -0.3 is 10.6 Å². The van der Waals surface area contributed by atoms with Crippen LogP contribution in [0.5, 0.6) is 0 Å². The average Bonchev–Trinajstić information content (AvgIpc) is 3.27. The summed E-state index contributed by atoms with van der Waals surface area (Å²) in [6.07, 6.45) is 2.02. The molecule has 2 heterocycles. The van der Waals surface area contributed by atoms with Crippen molar-refractivity contribution in [2.24, 2.45) is 0 Å². The van der Waals surface area contributed by atoms with E-state index in [1.807, 2.05) is 48.5 Å². The van der Waals surface area contributed by atoms with Gasteiger partial charge in [0.15, 0.2) is 0 Å².